The number of benzene rings is 2. The summed E-state index contributed by atoms with van der Waals surface area (Å²) in [5.74, 6) is 0.296. The quantitative estimate of drug-likeness (QED) is 0.529. The number of ether oxygens (including phenoxy) is 1. The van der Waals surface area contributed by atoms with E-state index in [1.807, 2.05) is 27.9 Å². The minimum atomic E-state index is -0.307. The van der Waals surface area contributed by atoms with Gasteiger partial charge in [-0.05, 0) is 83.4 Å². The Bertz CT molecular complexity index is 970. The number of rotatable bonds is 8. The monoisotopic (exact) mass is 415 g/mol. The third-order valence-electron chi connectivity index (χ3n) is 4.28. The van der Waals surface area contributed by atoms with Gasteiger partial charge in [0.2, 0.25) is 0 Å². The molecular weight excluding hydrogens is 389 g/mol. The maximum absolute atomic E-state index is 13.6. The number of carbonyl (C=O) groups excluding carboxylic acids is 1. The van der Waals surface area contributed by atoms with E-state index in [1.165, 1.54) is 23.5 Å². The van der Waals surface area contributed by atoms with Gasteiger partial charge in [0, 0.05) is 12.1 Å². The van der Waals surface area contributed by atoms with Gasteiger partial charge >= 0.3 is 0 Å². The van der Waals surface area contributed by atoms with Crippen LogP contribution in [0.2, 0.25) is 0 Å². The minimum absolute atomic E-state index is 0.0715. The Morgan fingerprint density at radius 1 is 1.14 bits per heavy atom. The number of halogens is 1. The Morgan fingerprint density at radius 3 is 2.52 bits per heavy atom. The number of amides is 1. The second-order valence-electron chi connectivity index (χ2n) is 7.41. The second-order valence-corrected chi connectivity index (χ2v) is 8.42. The van der Waals surface area contributed by atoms with Crippen molar-refractivity contribution in [1.82, 2.24) is 9.88 Å². The van der Waals surface area contributed by atoms with Gasteiger partial charge in [-0.2, -0.15) is 0 Å². The molecule has 7 heteroatoms. The summed E-state index contributed by atoms with van der Waals surface area (Å²) in [6.07, 6.45) is 0.875. The molecule has 1 amide bonds. The lowest BCUT2D eigenvalue weighted by atomic mass is 10.2. The molecule has 0 fully saturated rings. The first-order valence-electron chi connectivity index (χ1n) is 9.63. The number of hydrogen-bond acceptors (Lipinski definition) is 5. The molecule has 154 valence electrons. The average molecular weight is 416 g/mol. The van der Waals surface area contributed by atoms with Crippen LogP contribution in [0.4, 0.5) is 9.52 Å². The van der Waals surface area contributed by atoms with E-state index in [2.05, 4.69) is 9.88 Å². The lowest BCUT2D eigenvalue weighted by molar-refractivity contribution is 0.0986. The maximum atomic E-state index is 13.6. The predicted molar refractivity (Wildman–Crippen MR) is 117 cm³/mol. The molecule has 1 aromatic heterocycles. The molecule has 0 bridgehead atoms. The second kappa shape index (κ2) is 9.33. The summed E-state index contributed by atoms with van der Waals surface area (Å²) in [6.45, 7) is 5.30. The first kappa shape index (κ1) is 21.2. The van der Waals surface area contributed by atoms with Crippen molar-refractivity contribution in [2.24, 2.45) is 0 Å². The van der Waals surface area contributed by atoms with Gasteiger partial charge in [-0.25, -0.2) is 9.37 Å². The van der Waals surface area contributed by atoms with Crippen LogP contribution < -0.4 is 9.64 Å². The number of carbonyl (C=O) groups is 1. The van der Waals surface area contributed by atoms with Crippen molar-refractivity contribution in [2.45, 2.75) is 26.4 Å². The fourth-order valence-corrected chi connectivity index (χ4v) is 3.95. The molecule has 0 aliphatic heterocycles. The molecule has 3 rings (SSSR count). The van der Waals surface area contributed by atoms with E-state index >= 15 is 0 Å². The molecule has 0 atom stereocenters. The Kier molecular flexibility index (Phi) is 6.82. The number of nitrogens with zero attached hydrogens (tertiary/aromatic N) is 3. The van der Waals surface area contributed by atoms with Crippen molar-refractivity contribution in [3.8, 4) is 5.75 Å². The molecule has 0 N–H and O–H groups in total. The summed E-state index contributed by atoms with van der Waals surface area (Å²) in [4.78, 5) is 21.6. The van der Waals surface area contributed by atoms with E-state index in [9.17, 15) is 9.18 Å². The van der Waals surface area contributed by atoms with Crippen LogP contribution in [0, 0.1) is 5.82 Å². The van der Waals surface area contributed by atoms with E-state index in [-0.39, 0.29) is 17.8 Å². The summed E-state index contributed by atoms with van der Waals surface area (Å²) in [5, 5.41) is 0.580. The van der Waals surface area contributed by atoms with Crippen molar-refractivity contribution in [3.05, 3.63) is 53.8 Å². The molecule has 0 spiro atoms. The smallest absolute Gasteiger partial charge is 0.260 e. The molecule has 3 aromatic rings. The Hall–Kier alpha value is -2.51. The van der Waals surface area contributed by atoms with Crippen molar-refractivity contribution < 1.29 is 13.9 Å². The maximum Gasteiger partial charge on any atom is 0.260 e. The van der Waals surface area contributed by atoms with Gasteiger partial charge in [0.25, 0.3) is 5.91 Å². The Labute approximate surface area is 174 Å². The van der Waals surface area contributed by atoms with Crippen LogP contribution in [0.15, 0.2) is 42.5 Å². The first-order valence-corrected chi connectivity index (χ1v) is 10.4. The topological polar surface area (TPSA) is 45.7 Å². The largest absolute Gasteiger partial charge is 0.491 e. The SMILES string of the molecule is CC(C)Oc1ccc(C(=O)N(CCCN(C)C)c2nc3ccc(F)cc3s2)cc1. The van der Waals surface area contributed by atoms with Gasteiger partial charge in [-0.3, -0.25) is 9.69 Å². The fraction of sp³-hybridized carbons (Fsp3) is 0.364. The first-order chi connectivity index (χ1) is 13.8. The summed E-state index contributed by atoms with van der Waals surface area (Å²) in [5.41, 5.74) is 1.26. The van der Waals surface area contributed by atoms with Crippen LogP contribution in [0.5, 0.6) is 5.75 Å². The standard InChI is InChI=1S/C22H26FN3O2S/c1-15(2)28-18-9-6-16(7-10-18)21(27)26(13-5-12-25(3)4)22-24-19-11-8-17(23)14-20(19)29-22/h6-11,14-15H,5,12-13H2,1-4H3. The third kappa shape index (κ3) is 5.52. The van der Waals surface area contributed by atoms with Crippen LogP contribution in [0.3, 0.4) is 0 Å². The van der Waals surface area contributed by atoms with E-state index in [4.69, 9.17) is 4.74 Å². The summed E-state index contributed by atoms with van der Waals surface area (Å²) < 4.78 is 20.0. The zero-order valence-corrected chi connectivity index (χ0v) is 18.0. The summed E-state index contributed by atoms with van der Waals surface area (Å²) >= 11 is 1.33. The van der Waals surface area contributed by atoms with Crippen LogP contribution in [0.25, 0.3) is 10.2 Å². The van der Waals surface area contributed by atoms with E-state index in [1.54, 1.807) is 35.2 Å². The van der Waals surface area contributed by atoms with Gasteiger partial charge in [0.1, 0.15) is 11.6 Å². The van der Waals surface area contributed by atoms with Crippen molar-refractivity contribution in [3.63, 3.8) is 0 Å². The molecule has 0 radical (unpaired) electrons. The van der Waals surface area contributed by atoms with Crippen molar-refractivity contribution in [2.75, 3.05) is 32.1 Å². The molecule has 0 unspecified atom stereocenters. The van der Waals surface area contributed by atoms with E-state index < -0.39 is 0 Å². The molecule has 29 heavy (non-hydrogen) atoms. The molecule has 1 heterocycles. The molecule has 0 aliphatic carbocycles. The average Bonchev–Trinajstić information content (AvgIpc) is 3.07. The molecule has 2 aromatic carbocycles. The number of anilines is 1. The van der Waals surface area contributed by atoms with Gasteiger partial charge in [-0.1, -0.05) is 11.3 Å². The molecule has 0 saturated heterocycles. The van der Waals surface area contributed by atoms with Crippen molar-refractivity contribution in [1.29, 1.82) is 0 Å². The van der Waals surface area contributed by atoms with Crippen molar-refractivity contribution >= 4 is 32.6 Å². The molecule has 5 nitrogen and oxygen atoms in total. The highest BCUT2D eigenvalue weighted by atomic mass is 32.1. The van der Waals surface area contributed by atoms with Crippen LogP contribution in [-0.2, 0) is 0 Å². The van der Waals surface area contributed by atoms with Gasteiger partial charge in [-0.15, -0.1) is 0 Å². The highest BCUT2D eigenvalue weighted by molar-refractivity contribution is 7.22. The van der Waals surface area contributed by atoms with Gasteiger partial charge in [0.05, 0.1) is 16.3 Å². The van der Waals surface area contributed by atoms with Gasteiger partial charge in [0.15, 0.2) is 5.13 Å². The van der Waals surface area contributed by atoms with Crippen LogP contribution >= 0.6 is 11.3 Å². The van der Waals surface area contributed by atoms with E-state index in [0.717, 1.165) is 23.4 Å². The zero-order chi connectivity index (χ0) is 21.0. The fourth-order valence-electron chi connectivity index (χ4n) is 2.93. The predicted octanol–water partition coefficient (Wildman–Crippen LogP) is 4.82. The highest BCUT2D eigenvalue weighted by Gasteiger charge is 2.21. The minimum Gasteiger partial charge on any atom is -0.491 e. The zero-order valence-electron chi connectivity index (χ0n) is 17.2. The number of thiazole rings is 1. The number of aromatic nitrogens is 1. The number of hydrogen-bond donors (Lipinski definition) is 0. The lowest BCUT2D eigenvalue weighted by Gasteiger charge is -2.21. The van der Waals surface area contributed by atoms with Crippen LogP contribution in [-0.4, -0.2) is 49.1 Å². The molecule has 0 saturated carbocycles. The lowest BCUT2D eigenvalue weighted by Crippen LogP contribution is -2.33. The van der Waals surface area contributed by atoms with Crippen LogP contribution in [0.1, 0.15) is 30.6 Å². The van der Waals surface area contributed by atoms with Gasteiger partial charge < -0.3 is 9.64 Å². The Morgan fingerprint density at radius 2 is 1.86 bits per heavy atom. The normalized spacial score (nSPS) is 11.4. The summed E-state index contributed by atoms with van der Waals surface area (Å²) in [7, 11) is 4.00. The summed E-state index contributed by atoms with van der Waals surface area (Å²) in [6, 6.07) is 11.6. The highest BCUT2D eigenvalue weighted by Crippen LogP contribution is 2.30. The molecular formula is C22H26FN3O2S. The molecule has 0 aliphatic rings. The Balaban J connectivity index is 1.88. The number of fused-ring (bicyclic) bond motifs is 1. The van der Waals surface area contributed by atoms with E-state index in [0.29, 0.717) is 22.8 Å². The third-order valence-corrected chi connectivity index (χ3v) is 5.32.